The Kier molecular flexibility index (Phi) is 4.95. The number of primary amides is 1. The molecule has 0 aliphatic carbocycles. The van der Waals surface area contributed by atoms with E-state index in [-0.39, 0.29) is 11.7 Å². The lowest BCUT2D eigenvalue weighted by atomic mass is 10.1. The second-order valence-corrected chi connectivity index (χ2v) is 5.73. The van der Waals surface area contributed by atoms with Gasteiger partial charge in [0.25, 0.3) is 5.91 Å². The van der Waals surface area contributed by atoms with E-state index in [1.807, 2.05) is 7.05 Å². The van der Waals surface area contributed by atoms with Gasteiger partial charge in [-0.15, -0.1) is 0 Å². The van der Waals surface area contributed by atoms with Crippen LogP contribution in [0.3, 0.4) is 0 Å². The van der Waals surface area contributed by atoms with Crippen LogP contribution in [-0.4, -0.2) is 50.2 Å². The van der Waals surface area contributed by atoms with Gasteiger partial charge in [-0.3, -0.25) is 4.79 Å². The van der Waals surface area contributed by atoms with Crippen molar-refractivity contribution in [3.05, 3.63) is 28.0 Å². The van der Waals surface area contributed by atoms with Crippen molar-refractivity contribution in [1.82, 2.24) is 4.90 Å². The quantitative estimate of drug-likeness (QED) is 0.866. The fraction of sp³-hybridized carbons (Fsp3) is 0.462. The fourth-order valence-corrected chi connectivity index (χ4v) is 2.61. The number of nitrogens with two attached hydrogens (primary N) is 1. The van der Waals surface area contributed by atoms with Crippen molar-refractivity contribution in [2.75, 3.05) is 38.6 Å². The Hall–Kier alpha value is -1.18. The Morgan fingerprint density at radius 1 is 1.65 bits per heavy atom. The average Bonchev–Trinajstić information content (AvgIpc) is 2.35. The first-order chi connectivity index (χ1) is 9.47. The zero-order chi connectivity index (χ0) is 14.7. The summed E-state index contributed by atoms with van der Waals surface area (Å²) >= 11 is 3.20. The number of ether oxygens (including phenoxy) is 1. The number of hydrogen-bond acceptors (Lipinski definition) is 4. The molecule has 1 heterocycles. The molecule has 1 aliphatic heterocycles. The molecule has 1 unspecified atom stereocenters. The summed E-state index contributed by atoms with van der Waals surface area (Å²) in [6.45, 7) is 2.84. The number of carbonyl (C=O) groups is 1. The number of anilines is 1. The molecule has 1 aromatic rings. The highest BCUT2D eigenvalue weighted by molar-refractivity contribution is 9.10. The van der Waals surface area contributed by atoms with Gasteiger partial charge in [0.2, 0.25) is 0 Å². The third-order valence-electron chi connectivity index (χ3n) is 3.16. The summed E-state index contributed by atoms with van der Waals surface area (Å²) < 4.78 is 19.9. The zero-order valence-corrected chi connectivity index (χ0v) is 12.7. The standard InChI is InChI=1S/C13H17BrFN3O2/c1-18-2-3-20-9(7-18)6-17-11-5-8(14)4-10(15)12(11)13(16)19/h4-5,9,17H,2-3,6-7H2,1H3,(H2,16,19). The third-order valence-corrected chi connectivity index (χ3v) is 3.62. The van der Waals surface area contributed by atoms with Gasteiger partial charge in [-0.1, -0.05) is 15.9 Å². The van der Waals surface area contributed by atoms with Crippen molar-refractivity contribution >= 4 is 27.5 Å². The van der Waals surface area contributed by atoms with Crippen molar-refractivity contribution < 1.29 is 13.9 Å². The van der Waals surface area contributed by atoms with Crippen LogP contribution in [0.4, 0.5) is 10.1 Å². The van der Waals surface area contributed by atoms with Crippen LogP contribution in [0.5, 0.6) is 0 Å². The zero-order valence-electron chi connectivity index (χ0n) is 11.2. The minimum Gasteiger partial charge on any atom is -0.382 e. The van der Waals surface area contributed by atoms with E-state index in [1.165, 1.54) is 6.07 Å². The Morgan fingerprint density at radius 2 is 2.40 bits per heavy atom. The van der Waals surface area contributed by atoms with Crippen molar-refractivity contribution in [3.8, 4) is 0 Å². The van der Waals surface area contributed by atoms with Crippen molar-refractivity contribution in [2.24, 2.45) is 5.73 Å². The molecule has 0 radical (unpaired) electrons. The summed E-state index contributed by atoms with van der Waals surface area (Å²) in [6.07, 6.45) is -0.00322. The lowest BCUT2D eigenvalue weighted by Crippen LogP contribution is -2.43. The highest BCUT2D eigenvalue weighted by atomic mass is 79.9. The number of carbonyl (C=O) groups excluding carboxylic acids is 1. The van der Waals surface area contributed by atoms with Crippen molar-refractivity contribution in [2.45, 2.75) is 6.10 Å². The molecule has 1 aliphatic rings. The number of halogens is 2. The van der Waals surface area contributed by atoms with Crippen LogP contribution in [0.1, 0.15) is 10.4 Å². The number of rotatable bonds is 4. The Bertz CT molecular complexity index is 513. The van der Waals surface area contributed by atoms with Crippen LogP contribution in [-0.2, 0) is 4.74 Å². The second kappa shape index (κ2) is 6.51. The average molecular weight is 346 g/mol. The monoisotopic (exact) mass is 345 g/mol. The van der Waals surface area contributed by atoms with Gasteiger partial charge < -0.3 is 20.7 Å². The van der Waals surface area contributed by atoms with E-state index in [1.54, 1.807) is 6.07 Å². The maximum atomic E-state index is 13.8. The molecule has 0 bridgehead atoms. The molecule has 1 fully saturated rings. The number of hydrogen-bond donors (Lipinski definition) is 2. The van der Waals surface area contributed by atoms with Gasteiger partial charge in [-0.25, -0.2) is 4.39 Å². The molecular weight excluding hydrogens is 329 g/mol. The number of likely N-dealkylation sites (N-methyl/N-ethyl adjacent to an activating group) is 1. The highest BCUT2D eigenvalue weighted by Gasteiger charge is 2.20. The van der Waals surface area contributed by atoms with E-state index in [0.29, 0.717) is 23.3 Å². The van der Waals surface area contributed by atoms with Crippen molar-refractivity contribution in [1.29, 1.82) is 0 Å². The summed E-state index contributed by atoms with van der Waals surface area (Å²) in [4.78, 5) is 13.5. The minimum absolute atomic E-state index is 0.00322. The van der Waals surface area contributed by atoms with Crippen LogP contribution in [0, 0.1) is 5.82 Å². The molecule has 0 saturated carbocycles. The molecular formula is C13H17BrFN3O2. The van der Waals surface area contributed by atoms with Gasteiger partial charge in [0, 0.05) is 24.1 Å². The van der Waals surface area contributed by atoms with Crippen LogP contribution in [0.25, 0.3) is 0 Å². The molecule has 7 heteroatoms. The SMILES string of the molecule is CN1CCOC(CNc2cc(Br)cc(F)c2C(N)=O)C1. The number of benzene rings is 1. The highest BCUT2D eigenvalue weighted by Crippen LogP contribution is 2.24. The first kappa shape index (κ1) is 15.2. The number of nitrogens with zero attached hydrogens (tertiary/aromatic N) is 1. The molecule has 110 valence electrons. The molecule has 1 saturated heterocycles. The van der Waals surface area contributed by atoms with Crippen LogP contribution >= 0.6 is 15.9 Å². The minimum atomic E-state index is -0.792. The lowest BCUT2D eigenvalue weighted by Gasteiger charge is -2.30. The molecule has 1 amide bonds. The van der Waals surface area contributed by atoms with Gasteiger partial charge in [0.05, 0.1) is 24.0 Å². The van der Waals surface area contributed by atoms with Gasteiger partial charge in [-0.05, 0) is 19.2 Å². The second-order valence-electron chi connectivity index (χ2n) is 4.81. The number of nitrogens with one attached hydrogen (secondary N) is 1. The summed E-state index contributed by atoms with van der Waals surface area (Å²) in [6, 6.07) is 2.85. The van der Waals surface area contributed by atoms with Gasteiger partial charge >= 0.3 is 0 Å². The van der Waals surface area contributed by atoms with Crippen LogP contribution in [0.2, 0.25) is 0 Å². The molecule has 5 nitrogen and oxygen atoms in total. The summed E-state index contributed by atoms with van der Waals surface area (Å²) in [5, 5.41) is 3.04. The van der Waals surface area contributed by atoms with Crippen molar-refractivity contribution in [3.63, 3.8) is 0 Å². The van der Waals surface area contributed by atoms with Gasteiger partial charge in [0.15, 0.2) is 0 Å². The first-order valence-corrected chi connectivity index (χ1v) is 7.09. The van der Waals surface area contributed by atoms with E-state index in [0.717, 1.165) is 13.1 Å². The van der Waals surface area contributed by atoms with E-state index in [2.05, 4.69) is 26.1 Å². The fourth-order valence-electron chi connectivity index (χ4n) is 2.18. The van der Waals surface area contributed by atoms with E-state index >= 15 is 0 Å². The van der Waals surface area contributed by atoms with Crippen LogP contribution in [0.15, 0.2) is 16.6 Å². The molecule has 1 aromatic carbocycles. The maximum absolute atomic E-state index is 13.8. The molecule has 1 atom stereocenters. The molecule has 0 aromatic heterocycles. The van der Waals surface area contributed by atoms with Gasteiger partial charge in [-0.2, -0.15) is 0 Å². The number of amides is 1. The van der Waals surface area contributed by atoms with E-state index in [9.17, 15) is 9.18 Å². The Morgan fingerprint density at radius 3 is 3.05 bits per heavy atom. The smallest absolute Gasteiger partial charge is 0.253 e. The molecule has 0 spiro atoms. The maximum Gasteiger partial charge on any atom is 0.253 e. The lowest BCUT2D eigenvalue weighted by molar-refractivity contribution is -0.0117. The number of morpholine rings is 1. The first-order valence-electron chi connectivity index (χ1n) is 6.30. The van der Waals surface area contributed by atoms with Crippen LogP contribution < -0.4 is 11.1 Å². The van der Waals surface area contributed by atoms with Gasteiger partial charge in [0.1, 0.15) is 5.82 Å². The summed E-state index contributed by atoms with van der Waals surface area (Å²) in [5.74, 6) is -1.43. The predicted octanol–water partition coefficient (Wildman–Crippen LogP) is 1.43. The third kappa shape index (κ3) is 3.68. The normalized spacial score (nSPS) is 19.9. The van der Waals surface area contributed by atoms with E-state index in [4.69, 9.17) is 10.5 Å². The predicted molar refractivity (Wildman–Crippen MR) is 78.3 cm³/mol. The van der Waals surface area contributed by atoms with E-state index < -0.39 is 11.7 Å². The Balaban J connectivity index is 2.10. The summed E-state index contributed by atoms with van der Waals surface area (Å²) in [5.41, 5.74) is 5.47. The molecule has 3 N–H and O–H groups in total. The Labute approximate surface area is 125 Å². The molecule has 2 rings (SSSR count). The topological polar surface area (TPSA) is 67.6 Å². The summed E-state index contributed by atoms with van der Waals surface area (Å²) in [7, 11) is 2.02. The molecule has 20 heavy (non-hydrogen) atoms. The largest absolute Gasteiger partial charge is 0.382 e.